The maximum Gasteiger partial charge on any atom is 0.126 e. The predicted octanol–water partition coefficient (Wildman–Crippen LogP) is 3.11. The molecule has 1 aromatic heterocycles. The lowest BCUT2D eigenvalue weighted by Gasteiger charge is -2.06. The summed E-state index contributed by atoms with van der Waals surface area (Å²) in [6.45, 7) is 3.96. The topological polar surface area (TPSA) is 34.4 Å². The Hall–Kier alpha value is -1.81. The fourth-order valence-corrected chi connectivity index (χ4v) is 1.61. The summed E-state index contributed by atoms with van der Waals surface area (Å²) in [6.07, 6.45) is 1.64. The van der Waals surface area contributed by atoms with Crippen molar-refractivity contribution in [3.8, 4) is 5.75 Å². The van der Waals surface area contributed by atoms with Gasteiger partial charge in [-0.05, 0) is 24.7 Å². The Morgan fingerprint density at radius 2 is 2.22 bits per heavy atom. The van der Waals surface area contributed by atoms with Crippen LogP contribution in [0, 0.1) is 5.82 Å². The SMILES string of the molecule is CCNCc1occc1COc1cccc(F)c1. The average Bonchev–Trinajstić information content (AvgIpc) is 2.81. The molecule has 0 amide bonds. The first-order valence-corrected chi connectivity index (χ1v) is 5.94. The van der Waals surface area contributed by atoms with Crippen LogP contribution in [0.15, 0.2) is 41.0 Å². The van der Waals surface area contributed by atoms with Crippen molar-refractivity contribution in [3.05, 3.63) is 53.7 Å². The van der Waals surface area contributed by atoms with Crippen molar-refractivity contribution in [2.45, 2.75) is 20.1 Å². The molecule has 2 rings (SSSR count). The molecule has 1 aromatic carbocycles. The predicted molar refractivity (Wildman–Crippen MR) is 66.8 cm³/mol. The van der Waals surface area contributed by atoms with Crippen LogP contribution in [0.1, 0.15) is 18.2 Å². The Labute approximate surface area is 106 Å². The third kappa shape index (κ3) is 3.34. The number of rotatable bonds is 6. The lowest BCUT2D eigenvalue weighted by Crippen LogP contribution is -2.12. The molecule has 0 bridgehead atoms. The average molecular weight is 249 g/mol. The van der Waals surface area contributed by atoms with Gasteiger partial charge in [-0.2, -0.15) is 0 Å². The van der Waals surface area contributed by atoms with Crippen LogP contribution in [0.2, 0.25) is 0 Å². The number of hydrogen-bond donors (Lipinski definition) is 1. The van der Waals surface area contributed by atoms with E-state index in [1.54, 1.807) is 18.4 Å². The second-order valence-corrected chi connectivity index (χ2v) is 3.90. The third-order valence-corrected chi connectivity index (χ3v) is 2.56. The first kappa shape index (κ1) is 12.6. The van der Waals surface area contributed by atoms with Gasteiger partial charge in [0.2, 0.25) is 0 Å². The summed E-state index contributed by atoms with van der Waals surface area (Å²) >= 11 is 0. The second kappa shape index (κ2) is 6.21. The Bertz CT molecular complexity index is 496. The van der Waals surface area contributed by atoms with Crippen LogP contribution in [-0.2, 0) is 13.2 Å². The van der Waals surface area contributed by atoms with E-state index in [9.17, 15) is 4.39 Å². The molecule has 0 atom stereocenters. The van der Waals surface area contributed by atoms with Crippen molar-refractivity contribution in [2.75, 3.05) is 6.54 Å². The number of benzene rings is 1. The fraction of sp³-hybridized carbons (Fsp3) is 0.286. The Balaban J connectivity index is 1.95. The van der Waals surface area contributed by atoms with E-state index in [-0.39, 0.29) is 5.82 Å². The van der Waals surface area contributed by atoms with Gasteiger partial charge >= 0.3 is 0 Å². The molecule has 18 heavy (non-hydrogen) atoms. The molecular weight excluding hydrogens is 233 g/mol. The fourth-order valence-electron chi connectivity index (χ4n) is 1.61. The van der Waals surface area contributed by atoms with Crippen molar-refractivity contribution < 1.29 is 13.5 Å². The van der Waals surface area contributed by atoms with Crippen molar-refractivity contribution in [3.63, 3.8) is 0 Å². The highest BCUT2D eigenvalue weighted by molar-refractivity contribution is 5.24. The van der Waals surface area contributed by atoms with Crippen LogP contribution in [0.25, 0.3) is 0 Å². The minimum absolute atomic E-state index is 0.299. The summed E-state index contributed by atoms with van der Waals surface area (Å²) < 4.78 is 23.9. The van der Waals surface area contributed by atoms with E-state index in [1.807, 2.05) is 13.0 Å². The molecule has 3 nitrogen and oxygen atoms in total. The lowest BCUT2D eigenvalue weighted by molar-refractivity contribution is 0.300. The molecule has 4 heteroatoms. The molecule has 0 fully saturated rings. The first-order valence-electron chi connectivity index (χ1n) is 5.94. The standard InChI is InChI=1S/C14H16FNO2/c1-2-16-9-14-11(6-7-17-14)10-18-13-5-3-4-12(15)8-13/h3-8,16H,2,9-10H2,1H3. The Morgan fingerprint density at radius 3 is 3.00 bits per heavy atom. The highest BCUT2D eigenvalue weighted by Crippen LogP contribution is 2.16. The van der Waals surface area contributed by atoms with Gasteiger partial charge in [-0.3, -0.25) is 0 Å². The molecule has 0 aliphatic rings. The Morgan fingerprint density at radius 1 is 1.33 bits per heavy atom. The molecule has 0 saturated carbocycles. The maximum absolute atomic E-state index is 13.0. The van der Waals surface area contributed by atoms with Crippen molar-refractivity contribution in [1.82, 2.24) is 5.32 Å². The van der Waals surface area contributed by atoms with Gasteiger partial charge in [0.1, 0.15) is 23.9 Å². The number of ether oxygens (including phenoxy) is 1. The third-order valence-electron chi connectivity index (χ3n) is 2.56. The van der Waals surface area contributed by atoms with Crippen molar-refractivity contribution >= 4 is 0 Å². The van der Waals surface area contributed by atoms with Crippen LogP contribution < -0.4 is 10.1 Å². The summed E-state index contributed by atoms with van der Waals surface area (Å²) in [5.41, 5.74) is 0.972. The largest absolute Gasteiger partial charge is 0.489 e. The number of halogens is 1. The zero-order valence-corrected chi connectivity index (χ0v) is 10.3. The van der Waals surface area contributed by atoms with Crippen molar-refractivity contribution in [1.29, 1.82) is 0 Å². The van der Waals surface area contributed by atoms with E-state index in [0.717, 1.165) is 17.9 Å². The van der Waals surface area contributed by atoms with Crippen molar-refractivity contribution in [2.24, 2.45) is 0 Å². The van der Waals surface area contributed by atoms with E-state index >= 15 is 0 Å². The van der Waals surface area contributed by atoms with Gasteiger partial charge in [-0.1, -0.05) is 13.0 Å². The zero-order valence-electron chi connectivity index (χ0n) is 10.3. The van der Waals surface area contributed by atoms with Gasteiger partial charge in [-0.15, -0.1) is 0 Å². The van der Waals surface area contributed by atoms with Crippen LogP contribution >= 0.6 is 0 Å². The van der Waals surface area contributed by atoms with Gasteiger partial charge in [0.15, 0.2) is 0 Å². The van der Waals surface area contributed by atoms with E-state index in [0.29, 0.717) is 18.9 Å². The molecular formula is C14H16FNO2. The van der Waals surface area contributed by atoms with E-state index in [4.69, 9.17) is 9.15 Å². The molecule has 0 spiro atoms. The van der Waals surface area contributed by atoms with E-state index in [2.05, 4.69) is 5.32 Å². The monoisotopic (exact) mass is 249 g/mol. The van der Waals surface area contributed by atoms with Gasteiger partial charge < -0.3 is 14.5 Å². The summed E-state index contributed by atoms with van der Waals surface area (Å²) in [4.78, 5) is 0. The molecule has 2 aromatic rings. The van der Waals surface area contributed by atoms with E-state index in [1.165, 1.54) is 12.1 Å². The molecule has 0 radical (unpaired) electrons. The summed E-state index contributed by atoms with van der Waals surface area (Å²) in [5.74, 6) is 1.08. The highest BCUT2D eigenvalue weighted by atomic mass is 19.1. The first-order chi connectivity index (χ1) is 8.79. The molecule has 1 N–H and O–H groups in total. The minimum atomic E-state index is -0.299. The van der Waals surface area contributed by atoms with Gasteiger partial charge in [0.05, 0.1) is 12.8 Å². The van der Waals surface area contributed by atoms with Crippen LogP contribution in [0.3, 0.4) is 0 Å². The van der Waals surface area contributed by atoms with Gasteiger partial charge in [-0.25, -0.2) is 4.39 Å². The number of hydrogen-bond acceptors (Lipinski definition) is 3. The van der Waals surface area contributed by atoms with Gasteiger partial charge in [0, 0.05) is 11.6 Å². The molecule has 1 heterocycles. The Kier molecular flexibility index (Phi) is 4.36. The minimum Gasteiger partial charge on any atom is -0.489 e. The maximum atomic E-state index is 13.0. The second-order valence-electron chi connectivity index (χ2n) is 3.90. The number of furan rings is 1. The van der Waals surface area contributed by atoms with Crippen LogP contribution in [0.5, 0.6) is 5.75 Å². The molecule has 0 saturated heterocycles. The number of nitrogens with one attached hydrogen (secondary N) is 1. The molecule has 0 aliphatic carbocycles. The van der Waals surface area contributed by atoms with Crippen LogP contribution in [-0.4, -0.2) is 6.54 Å². The lowest BCUT2D eigenvalue weighted by atomic mass is 10.2. The molecule has 0 unspecified atom stereocenters. The smallest absolute Gasteiger partial charge is 0.126 e. The summed E-state index contributed by atoms with van der Waals surface area (Å²) in [7, 11) is 0. The molecule has 0 aliphatic heterocycles. The van der Waals surface area contributed by atoms with E-state index < -0.39 is 0 Å². The normalized spacial score (nSPS) is 10.6. The molecule has 96 valence electrons. The zero-order chi connectivity index (χ0) is 12.8. The summed E-state index contributed by atoms with van der Waals surface area (Å²) in [5, 5.41) is 3.19. The highest BCUT2D eigenvalue weighted by Gasteiger charge is 2.06. The van der Waals surface area contributed by atoms with Crippen LogP contribution in [0.4, 0.5) is 4.39 Å². The quantitative estimate of drug-likeness (QED) is 0.854. The van der Waals surface area contributed by atoms with Gasteiger partial charge in [0.25, 0.3) is 0 Å². The summed E-state index contributed by atoms with van der Waals surface area (Å²) in [6, 6.07) is 7.98.